The van der Waals surface area contributed by atoms with Crippen LogP contribution in [0.1, 0.15) is 77.2 Å². The van der Waals surface area contributed by atoms with Crippen molar-refractivity contribution >= 4 is 0 Å². The molecule has 0 spiro atoms. The highest BCUT2D eigenvalue weighted by atomic mass is 15.0. The van der Waals surface area contributed by atoms with Gasteiger partial charge < -0.3 is 9.13 Å². The van der Waals surface area contributed by atoms with Crippen LogP contribution in [-0.4, -0.2) is 9.13 Å². The quantitative estimate of drug-likeness (QED) is 0.510. The normalized spacial score (nSPS) is 10.5. The molecule has 0 aliphatic heterocycles. The van der Waals surface area contributed by atoms with Crippen molar-refractivity contribution in [3.05, 3.63) is 47.0 Å². The summed E-state index contributed by atoms with van der Waals surface area (Å²) in [5.74, 6) is 1.57. The number of aryl methyl sites for hydroxylation is 4. The third-order valence-electron chi connectivity index (χ3n) is 4.55. The average molecular weight is 361 g/mol. The fourth-order valence-corrected chi connectivity index (χ4v) is 3.06. The van der Waals surface area contributed by atoms with E-state index in [9.17, 15) is 0 Å². The molecule has 0 radical (unpaired) electrons. The molecule has 0 aliphatic carbocycles. The molecule has 2 heteroatoms. The molecular weight excluding hydrogens is 316 g/mol. The average Bonchev–Trinajstić information content (AvgIpc) is 3.06. The molecule has 26 heavy (non-hydrogen) atoms. The third-order valence-corrected chi connectivity index (χ3v) is 4.55. The molecule has 0 N–H and O–H groups in total. The molecule has 0 aromatic carbocycles. The van der Waals surface area contributed by atoms with Crippen LogP contribution in [-0.2, 0) is 13.1 Å². The maximum absolute atomic E-state index is 2.41. The Kier molecular flexibility index (Phi) is 12.1. The van der Waals surface area contributed by atoms with Crippen LogP contribution < -0.4 is 0 Å². The molecule has 2 nitrogen and oxygen atoms in total. The van der Waals surface area contributed by atoms with Crippen molar-refractivity contribution in [3.63, 3.8) is 0 Å². The Balaban J connectivity index is 0.000000444. The molecule has 0 atom stereocenters. The monoisotopic (exact) mass is 360 g/mol. The van der Waals surface area contributed by atoms with Crippen molar-refractivity contribution in [3.8, 4) is 0 Å². The molecule has 0 amide bonds. The SMILES string of the molecule is CC.Cc1ccc(C)n1CC(C)C.Cc1ccc(C)n1CCCC(C)C. The van der Waals surface area contributed by atoms with Gasteiger partial charge in [-0.2, -0.15) is 0 Å². The van der Waals surface area contributed by atoms with E-state index in [0.717, 1.165) is 18.4 Å². The van der Waals surface area contributed by atoms with Crippen LogP contribution in [0.3, 0.4) is 0 Å². The van der Waals surface area contributed by atoms with Gasteiger partial charge in [-0.05, 0) is 76.6 Å². The van der Waals surface area contributed by atoms with Crippen molar-refractivity contribution in [2.75, 3.05) is 0 Å². The zero-order valence-corrected chi connectivity index (χ0v) is 19.2. The van der Waals surface area contributed by atoms with Crippen LogP contribution in [0.4, 0.5) is 0 Å². The second-order valence-corrected chi connectivity index (χ2v) is 7.92. The molecule has 0 saturated carbocycles. The molecule has 2 aromatic heterocycles. The molecule has 0 bridgehead atoms. The van der Waals surface area contributed by atoms with E-state index in [-0.39, 0.29) is 0 Å². The van der Waals surface area contributed by atoms with E-state index in [4.69, 9.17) is 0 Å². The molecule has 2 aromatic rings. The first kappa shape index (κ1) is 24.6. The van der Waals surface area contributed by atoms with Gasteiger partial charge >= 0.3 is 0 Å². The van der Waals surface area contributed by atoms with Gasteiger partial charge in [-0.15, -0.1) is 0 Å². The molecule has 0 fully saturated rings. The lowest BCUT2D eigenvalue weighted by Gasteiger charge is -2.11. The fraction of sp³-hybridized carbons (Fsp3) is 0.667. The van der Waals surface area contributed by atoms with Gasteiger partial charge in [-0.3, -0.25) is 0 Å². The smallest absolute Gasteiger partial charge is 0.0247 e. The van der Waals surface area contributed by atoms with Crippen LogP contribution in [0.2, 0.25) is 0 Å². The highest BCUT2D eigenvalue weighted by Crippen LogP contribution is 2.11. The molecule has 0 aliphatic rings. The molecule has 150 valence electrons. The standard InChI is InChI=1S/C12H21N.C10H17N.C2H6/c1-10(2)6-5-9-13-11(3)7-8-12(13)4;1-8(2)7-11-9(3)5-6-10(11)4;1-2/h7-8,10H,5-6,9H2,1-4H3;5-6,8H,7H2,1-4H3;1-2H3. The largest absolute Gasteiger partial charge is 0.349 e. The van der Waals surface area contributed by atoms with E-state index in [0.29, 0.717) is 0 Å². The third kappa shape index (κ3) is 8.78. The number of rotatable bonds is 6. The number of aromatic nitrogens is 2. The molecule has 0 saturated heterocycles. The maximum atomic E-state index is 2.41. The van der Waals surface area contributed by atoms with Crippen LogP contribution in [0, 0.1) is 39.5 Å². The predicted octanol–water partition coefficient (Wildman–Crippen LogP) is 7.33. The summed E-state index contributed by atoms with van der Waals surface area (Å²) in [5, 5.41) is 0. The lowest BCUT2D eigenvalue weighted by Crippen LogP contribution is -2.07. The van der Waals surface area contributed by atoms with Gasteiger partial charge in [0.05, 0.1) is 0 Å². The van der Waals surface area contributed by atoms with Gasteiger partial charge in [0.15, 0.2) is 0 Å². The minimum Gasteiger partial charge on any atom is -0.349 e. The van der Waals surface area contributed by atoms with Gasteiger partial charge in [0, 0.05) is 35.9 Å². The van der Waals surface area contributed by atoms with Gasteiger partial charge in [-0.1, -0.05) is 41.5 Å². The van der Waals surface area contributed by atoms with E-state index in [2.05, 4.69) is 88.8 Å². The Bertz CT molecular complexity index is 561. The summed E-state index contributed by atoms with van der Waals surface area (Å²) in [5.41, 5.74) is 5.52. The van der Waals surface area contributed by atoms with Crippen molar-refractivity contribution in [1.29, 1.82) is 0 Å². The van der Waals surface area contributed by atoms with E-state index < -0.39 is 0 Å². The summed E-state index contributed by atoms with van der Waals surface area (Å²) in [7, 11) is 0. The van der Waals surface area contributed by atoms with Gasteiger partial charge in [-0.25, -0.2) is 0 Å². The van der Waals surface area contributed by atoms with Crippen LogP contribution in [0.15, 0.2) is 24.3 Å². The summed E-state index contributed by atoms with van der Waals surface area (Å²) in [6, 6.07) is 8.75. The van der Waals surface area contributed by atoms with Crippen molar-refractivity contribution in [2.24, 2.45) is 11.8 Å². The van der Waals surface area contributed by atoms with Crippen LogP contribution in [0.5, 0.6) is 0 Å². The first-order valence-corrected chi connectivity index (χ1v) is 10.5. The lowest BCUT2D eigenvalue weighted by molar-refractivity contribution is 0.505. The number of nitrogens with zero attached hydrogens (tertiary/aromatic N) is 2. The van der Waals surface area contributed by atoms with E-state index in [1.54, 1.807) is 0 Å². The van der Waals surface area contributed by atoms with Gasteiger partial charge in [0.1, 0.15) is 0 Å². The Labute approximate surface area is 163 Å². The zero-order chi connectivity index (χ0) is 20.3. The zero-order valence-electron chi connectivity index (χ0n) is 19.2. The minimum atomic E-state index is 0.736. The van der Waals surface area contributed by atoms with Gasteiger partial charge in [0.2, 0.25) is 0 Å². The highest BCUT2D eigenvalue weighted by Gasteiger charge is 2.02. The van der Waals surface area contributed by atoms with E-state index >= 15 is 0 Å². The predicted molar refractivity (Wildman–Crippen MR) is 118 cm³/mol. The Morgan fingerprint density at radius 2 is 1.04 bits per heavy atom. The topological polar surface area (TPSA) is 9.86 Å². The Morgan fingerprint density at radius 1 is 0.654 bits per heavy atom. The Morgan fingerprint density at radius 3 is 1.38 bits per heavy atom. The van der Waals surface area contributed by atoms with Crippen molar-refractivity contribution in [2.45, 2.75) is 95.2 Å². The Hall–Kier alpha value is -1.44. The van der Waals surface area contributed by atoms with Crippen molar-refractivity contribution in [1.82, 2.24) is 9.13 Å². The second kappa shape index (κ2) is 12.8. The van der Waals surface area contributed by atoms with Gasteiger partial charge in [0.25, 0.3) is 0 Å². The van der Waals surface area contributed by atoms with Crippen LogP contribution in [0.25, 0.3) is 0 Å². The molecule has 2 heterocycles. The summed E-state index contributed by atoms with van der Waals surface area (Å²) in [4.78, 5) is 0. The maximum Gasteiger partial charge on any atom is 0.0247 e. The first-order chi connectivity index (χ1) is 12.2. The highest BCUT2D eigenvalue weighted by molar-refractivity contribution is 5.14. The number of hydrogen-bond donors (Lipinski definition) is 0. The number of hydrogen-bond acceptors (Lipinski definition) is 0. The summed E-state index contributed by atoms with van der Waals surface area (Å²) in [6.45, 7) is 24.1. The summed E-state index contributed by atoms with van der Waals surface area (Å²) >= 11 is 0. The summed E-state index contributed by atoms with van der Waals surface area (Å²) in [6.07, 6.45) is 2.63. The second-order valence-electron chi connectivity index (χ2n) is 7.92. The molecule has 0 unspecified atom stereocenters. The van der Waals surface area contributed by atoms with Crippen LogP contribution >= 0.6 is 0 Å². The van der Waals surface area contributed by atoms with E-state index in [1.165, 1.54) is 42.2 Å². The summed E-state index contributed by atoms with van der Waals surface area (Å²) < 4.78 is 4.77. The van der Waals surface area contributed by atoms with Crippen molar-refractivity contribution < 1.29 is 0 Å². The first-order valence-electron chi connectivity index (χ1n) is 10.5. The molecular formula is C24H44N2. The lowest BCUT2D eigenvalue weighted by atomic mass is 10.1. The minimum absolute atomic E-state index is 0.736. The van der Waals surface area contributed by atoms with E-state index in [1.807, 2.05) is 13.8 Å². The fourth-order valence-electron chi connectivity index (χ4n) is 3.06. The molecule has 2 rings (SSSR count).